The molecule has 1 aromatic carbocycles. The van der Waals surface area contributed by atoms with Crippen LogP contribution in [0.15, 0.2) is 82.6 Å². The van der Waals surface area contributed by atoms with E-state index in [4.69, 9.17) is 0 Å². The average Bonchev–Trinajstić information content (AvgIpc) is 2.83. The second kappa shape index (κ2) is 9.77. The number of benzene rings is 1. The first-order chi connectivity index (χ1) is 16.0. The van der Waals surface area contributed by atoms with Gasteiger partial charge in [-0.1, -0.05) is 0 Å². The van der Waals surface area contributed by atoms with Gasteiger partial charge in [-0.2, -0.15) is 10.2 Å². The van der Waals surface area contributed by atoms with Crippen molar-refractivity contribution in [2.24, 2.45) is 0 Å². The van der Waals surface area contributed by atoms with Crippen LogP contribution in [0, 0.1) is 5.82 Å². The van der Waals surface area contributed by atoms with Crippen molar-refractivity contribution in [1.82, 2.24) is 29.9 Å². The maximum Gasteiger partial charge on any atom is 0.267 e. The lowest BCUT2D eigenvalue weighted by Crippen LogP contribution is -2.36. The molecule has 4 aromatic rings. The van der Waals surface area contributed by atoms with Crippen molar-refractivity contribution in [1.29, 1.82) is 0 Å². The monoisotopic (exact) mass is 446 g/mol. The number of nitrogens with zero attached hydrogens (tertiary/aromatic N) is 5. The van der Waals surface area contributed by atoms with Crippen LogP contribution in [0.2, 0.25) is 0 Å². The minimum Gasteiger partial charge on any atom is -0.353 e. The number of aromatic nitrogens is 5. The highest BCUT2D eigenvalue weighted by Crippen LogP contribution is 2.15. The molecule has 0 fully saturated rings. The third-order valence-corrected chi connectivity index (χ3v) is 4.79. The molecule has 3 aromatic heterocycles. The molecular formula is C23H19FN6O3. The van der Waals surface area contributed by atoms with E-state index in [1.165, 1.54) is 28.9 Å². The first-order valence-electron chi connectivity index (χ1n) is 10.1. The number of hydrogen-bond donors (Lipinski definition) is 1. The van der Waals surface area contributed by atoms with Crippen LogP contribution < -0.4 is 16.4 Å². The number of nitrogens with one attached hydrogen (secondary N) is 1. The minimum absolute atomic E-state index is 0.122. The smallest absolute Gasteiger partial charge is 0.267 e. The molecule has 0 radical (unpaired) electrons. The molecule has 0 aliphatic rings. The lowest BCUT2D eigenvalue weighted by atomic mass is 10.1. The van der Waals surface area contributed by atoms with E-state index in [2.05, 4.69) is 20.5 Å². The molecule has 0 bridgehead atoms. The molecule has 33 heavy (non-hydrogen) atoms. The molecule has 9 nitrogen and oxygen atoms in total. The fourth-order valence-electron chi connectivity index (χ4n) is 3.12. The van der Waals surface area contributed by atoms with Crippen LogP contribution in [0.25, 0.3) is 22.5 Å². The van der Waals surface area contributed by atoms with Crippen molar-refractivity contribution in [3.8, 4) is 22.5 Å². The number of carbonyl (C=O) groups is 1. The van der Waals surface area contributed by atoms with Gasteiger partial charge in [-0.05, 0) is 48.5 Å². The molecule has 0 spiro atoms. The lowest BCUT2D eigenvalue weighted by molar-refractivity contribution is -0.121. The van der Waals surface area contributed by atoms with E-state index >= 15 is 0 Å². The zero-order chi connectivity index (χ0) is 23.2. The first kappa shape index (κ1) is 21.8. The summed E-state index contributed by atoms with van der Waals surface area (Å²) < 4.78 is 15.4. The predicted molar refractivity (Wildman–Crippen MR) is 119 cm³/mol. The van der Waals surface area contributed by atoms with E-state index in [0.29, 0.717) is 17.0 Å². The number of pyridine rings is 1. The van der Waals surface area contributed by atoms with Gasteiger partial charge in [0, 0.05) is 42.2 Å². The van der Waals surface area contributed by atoms with E-state index in [-0.39, 0.29) is 31.0 Å². The highest BCUT2D eigenvalue weighted by atomic mass is 19.1. The van der Waals surface area contributed by atoms with Gasteiger partial charge in [0.15, 0.2) is 0 Å². The van der Waals surface area contributed by atoms with Crippen LogP contribution >= 0.6 is 0 Å². The molecule has 0 aliphatic carbocycles. The zero-order valence-electron chi connectivity index (χ0n) is 17.4. The van der Waals surface area contributed by atoms with Gasteiger partial charge in [0.2, 0.25) is 5.91 Å². The summed E-state index contributed by atoms with van der Waals surface area (Å²) in [5.74, 6) is -0.797. The summed E-state index contributed by atoms with van der Waals surface area (Å²) in [6, 6.07) is 15.1. The summed E-state index contributed by atoms with van der Waals surface area (Å²) in [7, 11) is 0. The number of rotatable bonds is 7. The largest absolute Gasteiger partial charge is 0.353 e. The van der Waals surface area contributed by atoms with Gasteiger partial charge in [0.1, 0.15) is 12.4 Å². The fraction of sp³-hybridized carbons (Fsp3) is 0.130. The molecule has 0 atom stereocenters. The second-order valence-electron chi connectivity index (χ2n) is 7.09. The van der Waals surface area contributed by atoms with Gasteiger partial charge in [-0.25, -0.2) is 13.8 Å². The Labute approximate surface area is 187 Å². The van der Waals surface area contributed by atoms with Crippen molar-refractivity contribution in [2.45, 2.75) is 13.1 Å². The summed E-state index contributed by atoms with van der Waals surface area (Å²) in [5, 5.41) is 11.2. The van der Waals surface area contributed by atoms with Gasteiger partial charge in [-0.3, -0.25) is 19.4 Å². The van der Waals surface area contributed by atoms with Crippen LogP contribution in [0.5, 0.6) is 0 Å². The minimum atomic E-state index is -0.431. The Morgan fingerprint density at radius 1 is 0.788 bits per heavy atom. The highest BCUT2D eigenvalue weighted by Gasteiger charge is 2.09. The summed E-state index contributed by atoms with van der Waals surface area (Å²) in [4.78, 5) is 40.5. The molecular weight excluding hydrogens is 427 g/mol. The number of hydrogen-bond acceptors (Lipinski definition) is 6. The van der Waals surface area contributed by atoms with Crippen LogP contribution in [0.4, 0.5) is 4.39 Å². The van der Waals surface area contributed by atoms with Gasteiger partial charge < -0.3 is 5.32 Å². The SMILES string of the molecule is O=C(Cn1nc(-c2ccncc2)ccc1=O)NCCn1nc(-c2ccc(F)cc2)ccc1=O. The van der Waals surface area contributed by atoms with Crippen molar-refractivity contribution in [2.75, 3.05) is 6.54 Å². The molecule has 166 valence electrons. The predicted octanol–water partition coefficient (Wildman–Crippen LogP) is 1.48. The number of halogens is 1. The number of carbonyl (C=O) groups excluding carboxylic acids is 1. The Kier molecular flexibility index (Phi) is 6.44. The average molecular weight is 446 g/mol. The van der Waals surface area contributed by atoms with E-state index in [1.54, 1.807) is 48.8 Å². The molecule has 0 saturated heterocycles. The Morgan fingerprint density at radius 2 is 1.36 bits per heavy atom. The molecule has 0 saturated carbocycles. The maximum atomic E-state index is 13.1. The molecule has 1 amide bonds. The van der Waals surface area contributed by atoms with Gasteiger partial charge >= 0.3 is 0 Å². The summed E-state index contributed by atoms with van der Waals surface area (Å²) in [6.45, 7) is -0.0217. The standard InChI is InChI=1S/C23H19FN6O3/c24-18-3-1-16(2-4-18)19-5-7-22(32)29(27-19)14-13-26-21(31)15-30-23(33)8-6-20(28-30)17-9-11-25-12-10-17/h1-12H,13-15H2,(H,26,31). The zero-order valence-corrected chi connectivity index (χ0v) is 17.4. The Balaban J connectivity index is 1.39. The summed E-state index contributed by atoms with van der Waals surface area (Å²) in [6.07, 6.45) is 3.22. The van der Waals surface area contributed by atoms with Crippen molar-refractivity contribution < 1.29 is 9.18 Å². The summed E-state index contributed by atoms with van der Waals surface area (Å²) >= 11 is 0. The van der Waals surface area contributed by atoms with E-state index in [9.17, 15) is 18.8 Å². The Morgan fingerprint density at radius 3 is 2.03 bits per heavy atom. The van der Waals surface area contributed by atoms with Crippen molar-refractivity contribution >= 4 is 5.91 Å². The van der Waals surface area contributed by atoms with Gasteiger partial charge in [0.25, 0.3) is 11.1 Å². The highest BCUT2D eigenvalue weighted by molar-refractivity contribution is 5.75. The molecule has 1 N–H and O–H groups in total. The van der Waals surface area contributed by atoms with Gasteiger partial charge in [-0.15, -0.1) is 0 Å². The van der Waals surface area contributed by atoms with Crippen molar-refractivity contribution in [3.05, 3.63) is 99.6 Å². The van der Waals surface area contributed by atoms with Gasteiger partial charge in [0.05, 0.1) is 17.9 Å². The molecule has 0 unspecified atom stereocenters. The summed E-state index contributed by atoms with van der Waals surface area (Å²) in [5.41, 5.74) is 1.73. The number of amides is 1. The normalized spacial score (nSPS) is 10.7. The lowest BCUT2D eigenvalue weighted by Gasteiger charge is -2.10. The van der Waals surface area contributed by atoms with E-state index < -0.39 is 11.5 Å². The van der Waals surface area contributed by atoms with E-state index in [0.717, 1.165) is 10.2 Å². The molecule has 4 rings (SSSR count). The van der Waals surface area contributed by atoms with Crippen LogP contribution in [0.1, 0.15) is 0 Å². The first-order valence-corrected chi connectivity index (χ1v) is 10.1. The van der Waals surface area contributed by atoms with Crippen LogP contribution in [0.3, 0.4) is 0 Å². The third-order valence-electron chi connectivity index (χ3n) is 4.79. The Hall–Kier alpha value is -4.47. The molecule has 10 heteroatoms. The van der Waals surface area contributed by atoms with Crippen LogP contribution in [-0.4, -0.2) is 37.0 Å². The molecule has 0 aliphatic heterocycles. The fourth-order valence-corrected chi connectivity index (χ4v) is 3.12. The van der Waals surface area contributed by atoms with Crippen LogP contribution in [-0.2, 0) is 17.9 Å². The topological polar surface area (TPSA) is 112 Å². The second-order valence-corrected chi connectivity index (χ2v) is 7.09. The van der Waals surface area contributed by atoms with Crippen molar-refractivity contribution in [3.63, 3.8) is 0 Å². The molecule has 3 heterocycles. The van der Waals surface area contributed by atoms with E-state index in [1.807, 2.05) is 0 Å². The Bertz CT molecular complexity index is 1380. The maximum absolute atomic E-state index is 13.1. The quantitative estimate of drug-likeness (QED) is 0.460. The third kappa shape index (κ3) is 5.42.